The van der Waals surface area contributed by atoms with E-state index in [-0.39, 0.29) is 0 Å². The Morgan fingerprint density at radius 3 is 3.05 bits per heavy atom. The van der Waals surface area contributed by atoms with E-state index in [1.165, 1.54) is 35.4 Å². The zero-order valence-corrected chi connectivity index (χ0v) is 14.3. The molecule has 1 aromatic rings. The second-order valence-corrected chi connectivity index (χ2v) is 7.32. The average Bonchev–Trinajstić information content (AvgIpc) is 2.70. The first-order valence-corrected chi connectivity index (χ1v) is 8.68. The Labute approximate surface area is 129 Å². The van der Waals surface area contributed by atoms with Gasteiger partial charge in [-0.3, -0.25) is 4.90 Å². The molecule has 0 amide bonds. The van der Waals surface area contributed by atoms with Crippen molar-refractivity contribution in [1.29, 1.82) is 0 Å². The first kappa shape index (κ1) is 15.4. The van der Waals surface area contributed by atoms with Crippen LogP contribution < -0.4 is 5.32 Å². The molecule has 2 rings (SSSR count). The SMILES string of the molecule is CC1CN(C)CCCN1CCNCc1cc(Br)cs1. The van der Waals surface area contributed by atoms with Crippen LogP contribution in [0.5, 0.6) is 0 Å². The summed E-state index contributed by atoms with van der Waals surface area (Å²) in [5, 5.41) is 5.69. The molecule has 0 spiro atoms. The van der Waals surface area contributed by atoms with Gasteiger partial charge in [-0.2, -0.15) is 0 Å². The predicted octanol–water partition coefficient (Wildman–Crippen LogP) is 2.63. The molecule has 2 heterocycles. The molecule has 1 aliphatic rings. The molecule has 0 bridgehead atoms. The smallest absolute Gasteiger partial charge is 0.0300 e. The third-order valence-corrected chi connectivity index (χ3v) is 5.38. The molecular formula is C14H24BrN3S. The van der Waals surface area contributed by atoms with Crippen LogP contribution in [0, 0.1) is 0 Å². The minimum atomic E-state index is 0.671. The second kappa shape index (κ2) is 7.74. The molecule has 1 saturated heterocycles. The first-order valence-electron chi connectivity index (χ1n) is 7.01. The normalized spacial score (nSPS) is 22.6. The number of nitrogens with zero attached hydrogens (tertiary/aromatic N) is 2. The van der Waals surface area contributed by atoms with Gasteiger partial charge in [-0.1, -0.05) is 0 Å². The van der Waals surface area contributed by atoms with Gasteiger partial charge < -0.3 is 10.2 Å². The summed E-state index contributed by atoms with van der Waals surface area (Å²) < 4.78 is 1.19. The van der Waals surface area contributed by atoms with Gasteiger partial charge in [-0.25, -0.2) is 0 Å². The van der Waals surface area contributed by atoms with Crippen molar-refractivity contribution in [2.24, 2.45) is 0 Å². The van der Waals surface area contributed by atoms with Gasteiger partial charge in [0.1, 0.15) is 0 Å². The van der Waals surface area contributed by atoms with Gasteiger partial charge in [-0.15, -0.1) is 11.3 Å². The van der Waals surface area contributed by atoms with E-state index in [0.717, 1.165) is 19.6 Å². The van der Waals surface area contributed by atoms with E-state index in [9.17, 15) is 0 Å². The Morgan fingerprint density at radius 2 is 2.32 bits per heavy atom. The van der Waals surface area contributed by atoms with Gasteiger partial charge in [0.25, 0.3) is 0 Å². The molecule has 0 aliphatic carbocycles. The minimum absolute atomic E-state index is 0.671. The van der Waals surface area contributed by atoms with E-state index >= 15 is 0 Å². The fraction of sp³-hybridized carbons (Fsp3) is 0.714. The van der Waals surface area contributed by atoms with Crippen molar-refractivity contribution in [3.05, 3.63) is 20.8 Å². The Bertz CT molecular complexity index is 383. The maximum atomic E-state index is 3.55. The molecule has 5 heteroatoms. The Morgan fingerprint density at radius 1 is 1.47 bits per heavy atom. The Hall–Kier alpha value is 0.0600. The molecule has 0 aromatic carbocycles. The van der Waals surface area contributed by atoms with Crippen LogP contribution in [0.3, 0.4) is 0 Å². The number of rotatable bonds is 5. The molecule has 1 N–H and O–H groups in total. The van der Waals surface area contributed by atoms with Crippen LogP contribution in [0.4, 0.5) is 0 Å². The molecule has 19 heavy (non-hydrogen) atoms. The molecule has 3 nitrogen and oxygen atoms in total. The fourth-order valence-electron chi connectivity index (χ4n) is 2.63. The highest BCUT2D eigenvalue weighted by Crippen LogP contribution is 2.19. The van der Waals surface area contributed by atoms with Crippen molar-refractivity contribution in [3.8, 4) is 0 Å². The minimum Gasteiger partial charge on any atom is -0.311 e. The van der Waals surface area contributed by atoms with Gasteiger partial charge in [0, 0.05) is 47.0 Å². The lowest BCUT2D eigenvalue weighted by atomic mass is 10.2. The highest BCUT2D eigenvalue weighted by Gasteiger charge is 2.18. The van der Waals surface area contributed by atoms with Crippen LogP contribution in [-0.2, 0) is 6.54 Å². The third kappa shape index (κ3) is 5.16. The van der Waals surface area contributed by atoms with Crippen LogP contribution in [0.1, 0.15) is 18.2 Å². The van der Waals surface area contributed by atoms with Crippen molar-refractivity contribution in [3.63, 3.8) is 0 Å². The van der Waals surface area contributed by atoms with Crippen LogP contribution in [0.15, 0.2) is 15.9 Å². The summed E-state index contributed by atoms with van der Waals surface area (Å²) in [6.07, 6.45) is 1.29. The topological polar surface area (TPSA) is 18.5 Å². The maximum absolute atomic E-state index is 3.55. The van der Waals surface area contributed by atoms with Crippen LogP contribution in [0.25, 0.3) is 0 Å². The van der Waals surface area contributed by atoms with E-state index in [0.29, 0.717) is 6.04 Å². The quantitative estimate of drug-likeness (QED) is 0.827. The maximum Gasteiger partial charge on any atom is 0.0300 e. The van der Waals surface area contributed by atoms with E-state index in [1.807, 2.05) is 11.3 Å². The number of thiophene rings is 1. The van der Waals surface area contributed by atoms with Gasteiger partial charge in [0.05, 0.1) is 0 Å². The van der Waals surface area contributed by atoms with Crippen molar-refractivity contribution >= 4 is 27.3 Å². The fourth-order valence-corrected chi connectivity index (χ4v) is 4.06. The highest BCUT2D eigenvalue weighted by molar-refractivity contribution is 9.10. The van der Waals surface area contributed by atoms with E-state index in [2.05, 4.69) is 56.5 Å². The molecule has 108 valence electrons. The monoisotopic (exact) mass is 345 g/mol. The van der Waals surface area contributed by atoms with Crippen molar-refractivity contribution in [2.45, 2.75) is 25.9 Å². The number of nitrogens with one attached hydrogen (secondary N) is 1. The van der Waals surface area contributed by atoms with Crippen LogP contribution in [0.2, 0.25) is 0 Å². The van der Waals surface area contributed by atoms with Crippen molar-refractivity contribution in [1.82, 2.24) is 15.1 Å². The summed E-state index contributed by atoms with van der Waals surface area (Å²) in [6.45, 7) is 9.22. The van der Waals surface area contributed by atoms with Gasteiger partial charge >= 0.3 is 0 Å². The van der Waals surface area contributed by atoms with Gasteiger partial charge in [0.2, 0.25) is 0 Å². The first-order chi connectivity index (χ1) is 9.15. The lowest BCUT2D eigenvalue weighted by Gasteiger charge is -2.27. The summed E-state index contributed by atoms with van der Waals surface area (Å²) in [6, 6.07) is 2.87. The molecule has 1 aliphatic heterocycles. The summed E-state index contributed by atoms with van der Waals surface area (Å²) >= 11 is 5.31. The zero-order chi connectivity index (χ0) is 13.7. The third-order valence-electron chi connectivity index (χ3n) is 3.68. The molecule has 0 saturated carbocycles. The zero-order valence-electron chi connectivity index (χ0n) is 11.9. The van der Waals surface area contributed by atoms with E-state index in [1.54, 1.807) is 0 Å². The van der Waals surface area contributed by atoms with E-state index in [4.69, 9.17) is 0 Å². The van der Waals surface area contributed by atoms with Crippen LogP contribution in [-0.4, -0.2) is 55.6 Å². The largest absolute Gasteiger partial charge is 0.311 e. The molecule has 0 radical (unpaired) electrons. The van der Waals surface area contributed by atoms with Gasteiger partial charge in [-0.05, 0) is 55.5 Å². The summed E-state index contributed by atoms with van der Waals surface area (Å²) in [4.78, 5) is 6.46. The number of likely N-dealkylation sites (N-methyl/N-ethyl adjacent to an activating group) is 1. The summed E-state index contributed by atoms with van der Waals surface area (Å²) in [5.74, 6) is 0. The van der Waals surface area contributed by atoms with Crippen molar-refractivity contribution in [2.75, 3.05) is 39.8 Å². The molecule has 1 aromatic heterocycles. The lowest BCUT2D eigenvalue weighted by molar-refractivity contribution is 0.202. The molecule has 1 atom stereocenters. The summed E-state index contributed by atoms with van der Waals surface area (Å²) in [5.41, 5.74) is 0. The molecule has 1 fully saturated rings. The number of halogens is 1. The van der Waals surface area contributed by atoms with Gasteiger partial charge in [0.15, 0.2) is 0 Å². The molecular weight excluding hydrogens is 322 g/mol. The van der Waals surface area contributed by atoms with Crippen LogP contribution >= 0.6 is 27.3 Å². The lowest BCUT2D eigenvalue weighted by Crippen LogP contribution is -2.41. The predicted molar refractivity (Wildman–Crippen MR) is 86.9 cm³/mol. The highest BCUT2D eigenvalue weighted by atomic mass is 79.9. The molecule has 1 unspecified atom stereocenters. The number of hydrogen-bond acceptors (Lipinski definition) is 4. The summed E-state index contributed by atoms with van der Waals surface area (Å²) in [7, 11) is 2.23. The standard InChI is InChI=1S/C14H24BrN3S/c1-12-10-17(2)5-3-6-18(12)7-4-16-9-14-8-13(15)11-19-14/h8,11-12,16H,3-7,9-10H2,1-2H3. The number of hydrogen-bond donors (Lipinski definition) is 1. The second-order valence-electron chi connectivity index (χ2n) is 5.41. The Balaban J connectivity index is 1.67. The van der Waals surface area contributed by atoms with Crippen molar-refractivity contribution < 1.29 is 0 Å². The van der Waals surface area contributed by atoms with E-state index < -0.39 is 0 Å². The average molecular weight is 346 g/mol. The Kier molecular flexibility index (Phi) is 6.29.